The number of carbonyl (C=O) groups excluding carboxylic acids is 6. The number of azo groups is 2. The number of hydrogen-bond donors (Lipinski definition) is 4. The van der Waals surface area contributed by atoms with Gasteiger partial charge in [-0.3, -0.25) is 28.8 Å². The van der Waals surface area contributed by atoms with Crippen molar-refractivity contribution in [3.05, 3.63) is 129 Å². The van der Waals surface area contributed by atoms with Gasteiger partial charge in [-0.05, 0) is 98.5 Å². The Morgan fingerprint density at radius 2 is 0.970 bits per heavy atom. The number of ketones is 2. The van der Waals surface area contributed by atoms with Crippen LogP contribution >= 0.6 is 46.4 Å². The molecule has 2 unspecified atom stereocenters. The number of rotatable bonds is 20. The van der Waals surface area contributed by atoms with Gasteiger partial charge in [-0.15, -0.1) is 23.2 Å². The van der Waals surface area contributed by atoms with Gasteiger partial charge in [0.25, 0.3) is 23.6 Å². The predicted molar refractivity (Wildman–Crippen MR) is 255 cm³/mol. The van der Waals surface area contributed by atoms with E-state index in [2.05, 4.69) is 41.7 Å². The van der Waals surface area contributed by atoms with E-state index < -0.39 is 47.3 Å². The number of aryl methyl sites for hydroxylation is 2. The molecule has 2 atom stereocenters. The molecule has 4 N–H and O–H groups in total. The molecular weight excluding hydrogens is 934 g/mol. The molecule has 0 spiro atoms. The van der Waals surface area contributed by atoms with Crippen LogP contribution in [0.2, 0.25) is 10.0 Å². The van der Waals surface area contributed by atoms with Crippen LogP contribution in [0.3, 0.4) is 0 Å². The zero-order valence-electron chi connectivity index (χ0n) is 35.8. The van der Waals surface area contributed by atoms with Crippen LogP contribution in [-0.4, -0.2) is 73.3 Å². The highest BCUT2D eigenvalue weighted by Crippen LogP contribution is 2.38. The van der Waals surface area contributed by atoms with E-state index in [0.717, 1.165) is 25.0 Å². The zero-order chi connectivity index (χ0) is 47.9. The Kier molecular flexibility index (Phi) is 18.3. The third-order valence-corrected chi connectivity index (χ3v) is 10.1. The quantitative estimate of drug-likeness (QED) is 0.0333. The van der Waals surface area contributed by atoms with Crippen molar-refractivity contribution in [2.75, 3.05) is 47.2 Å². The molecular formula is C46H42Cl4N8O8. The number of nitrogens with zero attached hydrogens (tertiary/aromatic N) is 4. The molecule has 20 heteroatoms. The van der Waals surface area contributed by atoms with Crippen LogP contribution in [-0.2, 0) is 32.0 Å². The van der Waals surface area contributed by atoms with Gasteiger partial charge in [0.1, 0.15) is 17.2 Å². The van der Waals surface area contributed by atoms with Crippen LogP contribution in [0.5, 0.6) is 11.5 Å². The molecule has 0 bridgehead atoms. The maximum absolute atomic E-state index is 13.6. The fourth-order valence-corrected chi connectivity index (χ4v) is 7.05. The summed E-state index contributed by atoms with van der Waals surface area (Å²) in [6.07, 6.45) is 1.23. The Morgan fingerprint density at radius 3 is 1.36 bits per heavy atom. The minimum atomic E-state index is -1.68. The van der Waals surface area contributed by atoms with Crippen molar-refractivity contribution in [1.29, 1.82) is 0 Å². The molecule has 66 heavy (non-hydrogen) atoms. The lowest BCUT2D eigenvalue weighted by atomic mass is 10.1. The summed E-state index contributed by atoms with van der Waals surface area (Å²) in [7, 11) is 2.57. The third-order valence-electron chi connectivity index (χ3n) is 9.29. The van der Waals surface area contributed by atoms with Gasteiger partial charge in [-0.1, -0.05) is 47.5 Å². The Hall–Kier alpha value is -6.72. The predicted octanol–water partition coefficient (Wildman–Crippen LogP) is 10.4. The van der Waals surface area contributed by atoms with Crippen LogP contribution in [0.4, 0.5) is 34.1 Å². The van der Waals surface area contributed by atoms with Crippen molar-refractivity contribution in [2.45, 2.75) is 38.8 Å². The first kappa shape index (κ1) is 50.3. The fourth-order valence-electron chi connectivity index (χ4n) is 6.15. The monoisotopic (exact) mass is 974 g/mol. The lowest BCUT2D eigenvalue weighted by Gasteiger charge is -2.18. The van der Waals surface area contributed by atoms with Gasteiger partial charge in [0.2, 0.25) is 12.1 Å². The summed E-state index contributed by atoms with van der Waals surface area (Å²) in [5.74, 6) is -3.35. The van der Waals surface area contributed by atoms with Crippen molar-refractivity contribution < 1.29 is 38.2 Å². The van der Waals surface area contributed by atoms with Crippen LogP contribution in [0.1, 0.15) is 45.7 Å². The van der Waals surface area contributed by atoms with Crippen molar-refractivity contribution in [3.8, 4) is 11.5 Å². The third kappa shape index (κ3) is 14.1. The first-order valence-corrected chi connectivity index (χ1v) is 21.7. The lowest BCUT2D eigenvalue weighted by Crippen LogP contribution is -2.32. The second-order valence-corrected chi connectivity index (χ2v) is 15.9. The maximum Gasteiger partial charge on any atom is 0.259 e. The number of ether oxygens (including phenoxy) is 2. The highest BCUT2D eigenvalue weighted by molar-refractivity contribution is 6.31. The van der Waals surface area contributed by atoms with E-state index in [1.54, 1.807) is 36.4 Å². The normalized spacial score (nSPS) is 12.0. The van der Waals surface area contributed by atoms with Gasteiger partial charge in [-0.2, -0.15) is 20.5 Å². The zero-order valence-corrected chi connectivity index (χ0v) is 38.8. The number of alkyl halides is 2. The summed E-state index contributed by atoms with van der Waals surface area (Å²) in [6, 6.07) is 22.2. The van der Waals surface area contributed by atoms with E-state index in [0.29, 0.717) is 36.0 Å². The molecule has 5 aromatic rings. The minimum absolute atomic E-state index is 0.0209. The van der Waals surface area contributed by atoms with Gasteiger partial charge in [0.05, 0.1) is 25.6 Å². The SMILES string of the molecule is COc1cc(NC(=O)C(N=Nc2cc(Cl)cc(C(=O)Nc3cccc(CCCl)c3)c2)C(C)=O)cc(OC)c1NC(=O)C(N=Nc1cc(Cl)cc(C(=O)Nc2cccc(CCCl)c2)c1)C(C)=O. The Balaban J connectivity index is 1.29. The number of carbonyl (C=O) groups is 6. The highest BCUT2D eigenvalue weighted by Gasteiger charge is 2.28. The smallest absolute Gasteiger partial charge is 0.259 e. The largest absolute Gasteiger partial charge is 0.494 e. The second-order valence-electron chi connectivity index (χ2n) is 14.3. The van der Waals surface area contributed by atoms with E-state index in [9.17, 15) is 28.8 Å². The standard InChI is InChI=1S/C46H42Cl4N8O8/c1-25(59)40(57-55-36-19-29(17-31(49)21-36)43(61)51-33-9-5-7-27(15-33)11-13-47)45(63)53-35-23-38(65-3)42(39(24-35)66-4)54-46(64)41(26(2)60)58-56-37-20-30(18-32(50)22-37)44(62)52-34-10-6-8-28(16-34)12-14-48/h5-10,15-24,40-41H,11-14H2,1-4H3,(H,51,61)(H,52,62)(H,53,63)(H,54,64). The Bertz CT molecular complexity index is 2690. The Morgan fingerprint density at radius 1 is 0.545 bits per heavy atom. The molecule has 4 amide bonds. The Labute approximate surface area is 399 Å². The molecule has 0 aliphatic heterocycles. The fraction of sp³-hybridized carbons (Fsp3) is 0.217. The van der Waals surface area contributed by atoms with E-state index in [4.69, 9.17) is 55.9 Å². The van der Waals surface area contributed by atoms with Crippen molar-refractivity contribution in [3.63, 3.8) is 0 Å². The van der Waals surface area contributed by atoms with Gasteiger partial charge in [0.15, 0.2) is 11.6 Å². The summed E-state index contributed by atoms with van der Waals surface area (Å²) >= 11 is 24.3. The number of methoxy groups -OCH3 is 2. The van der Waals surface area contributed by atoms with Crippen molar-refractivity contribution in [1.82, 2.24) is 0 Å². The molecule has 0 saturated carbocycles. The number of nitrogens with one attached hydrogen (secondary N) is 4. The van der Waals surface area contributed by atoms with E-state index in [-0.39, 0.29) is 55.4 Å². The molecule has 0 aliphatic carbocycles. The van der Waals surface area contributed by atoms with Crippen LogP contribution in [0.15, 0.2) is 118 Å². The second kappa shape index (κ2) is 24.0. The van der Waals surface area contributed by atoms with Crippen LogP contribution < -0.4 is 30.7 Å². The summed E-state index contributed by atoms with van der Waals surface area (Å²) in [5, 5.41) is 27.1. The minimum Gasteiger partial charge on any atom is -0.494 e. The molecule has 5 rings (SSSR count). The number of Topliss-reactive ketones (excluding diaryl/α,β-unsaturated/α-hetero) is 2. The van der Waals surface area contributed by atoms with E-state index in [1.165, 1.54) is 62.8 Å². The van der Waals surface area contributed by atoms with Crippen LogP contribution in [0.25, 0.3) is 0 Å². The first-order chi connectivity index (χ1) is 31.6. The highest BCUT2D eigenvalue weighted by atomic mass is 35.5. The molecule has 0 heterocycles. The summed E-state index contributed by atoms with van der Waals surface area (Å²) in [5.41, 5.74) is 3.45. The number of benzene rings is 5. The van der Waals surface area contributed by atoms with Gasteiger partial charge in [0, 0.05) is 62.1 Å². The average Bonchev–Trinajstić information content (AvgIpc) is 3.26. The van der Waals surface area contributed by atoms with E-state index >= 15 is 0 Å². The number of amides is 4. The summed E-state index contributed by atoms with van der Waals surface area (Å²) in [6.45, 7) is 2.29. The summed E-state index contributed by atoms with van der Waals surface area (Å²) < 4.78 is 11.0. The van der Waals surface area contributed by atoms with Crippen molar-refractivity contribution >= 4 is 116 Å². The molecule has 342 valence electrons. The molecule has 16 nitrogen and oxygen atoms in total. The average molecular weight is 977 g/mol. The van der Waals surface area contributed by atoms with Crippen LogP contribution in [0, 0.1) is 0 Å². The molecule has 0 aliphatic rings. The summed E-state index contributed by atoms with van der Waals surface area (Å²) in [4.78, 5) is 78.7. The molecule has 0 radical (unpaired) electrons. The molecule has 0 saturated heterocycles. The molecule has 0 fully saturated rings. The van der Waals surface area contributed by atoms with Gasteiger partial charge >= 0.3 is 0 Å². The van der Waals surface area contributed by atoms with E-state index in [1.807, 2.05) is 12.1 Å². The maximum atomic E-state index is 13.6. The van der Waals surface area contributed by atoms with Gasteiger partial charge in [-0.25, -0.2) is 0 Å². The molecule has 5 aromatic carbocycles. The topological polar surface area (TPSA) is 218 Å². The number of anilines is 4. The lowest BCUT2D eigenvalue weighted by molar-refractivity contribution is -0.127. The van der Waals surface area contributed by atoms with Crippen molar-refractivity contribution in [2.24, 2.45) is 20.5 Å². The number of hydrogen-bond acceptors (Lipinski definition) is 12. The first-order valence-electron chi connectivity index (χ1n) is 19.8. The number of halogens is 4. The van der Waals surface area contributed by atoms with Gasteiger partial charge < -0.3 is 30.7 Å². The molecule has 0 aromatic heterocycles.